The van der Waals surface area contributed by atoms with Crippen LogP contribution in [0.1, 0.15) is 25.3 Å². The molecular weight excluding hydrogens is 320 g/mol. The lowest BCUT2D eigenvalue weighted by Gasteiger charge is -2.46. The predicted octanol–water partition coefficient (Wildman–Crippen LogP) is 2.08. The minimum absolute atomic E-state index is 0.0340. The van der Waals surface area contributed by atoms with Crippen molar-refractivity contribution in [3.63, 3.8) is 0 Å². The van der Waals surface area contributed by atoms with Crippen LogP contribution in [0.2, 0.25) is 0 Å². The Hall–Kier alpha value is -1.43. The number of rotatable bonds is 2. The maximum Gasteiger partial charge on any atom is 0.235 e. The van der Waals surface area contributed by atoms with Gasteiger partial charge in [0.25, 0.3) is 0 Å². The molecule has 1 aromatic rings. The third-order valence-electron chi connectivity index (χ3n) is 4.35. The molecule has 2 aliphatic rings. The number of guanidine groups is 1. The SMILES string of the molecule is CN1C(=N)N[C@](C)(c2ccnc(Br)c2)[C@H](C2CC2)C1=O. The minimum Gasteiger partial charge on any atom is -0.346 e. The van der Waals surface area contributed by atoms with Crippen molar-refractivity contribution in [2.75, 3.05) is 7.05 Å². The lowest BCUT2D eigenvalue weighted by atomic mass is 9.75. The smallest absolute Gasteiger partial charge is 0.235 e. The van der Waals surface area contributed by atoms with Gasteiger partial charge in [0.05, 0.1) is 11.5 Å². The Labute approximate surface area is 126 Å². The highest BCUT2D eigenvalue weighted by molar-refractivity contribution is 9.10. The van der Waals surface area contributed by atoms with E-state index in [4.69, 9.17) is 5.41 Å². The molecule has 1 amide bonds. The fraction of sp³-hybridized carbons (Fsp3) is 0.500. The van der Waals surface area contributed by atoms with Crippen LogP contribution in [0.4, 0.5) is 0 Å². The molecule has 1 aromatic heterocycles. The van der Waals surface area contributed by atoms with E-state index >= 15 is 0 Å². The summed E-state index contributed by atoms with van der Waals surface area (Å²) in [6, 6.07) is 3.84. The van der Waals surface area contributed by atoms with Gasteiger partial charge in [-0.25, -0.2) is 4.98 Å². The van der Waals surface area contributed by atoms with Crippen molar-refractivity contribution in [1.82, 2.24) is 15.2 Å². The van der Waals surface area contributed by atoms with Crippen molar-refractivity contribution in [2.24, 2.45) is 11.8 Å². The summed E-state index contributed by atoms with van der Waals surface area (Å²) in [6.07, 6.45) is 3.89. The first kappa shape index (κ1) is 13.5. The van der Waals surface area contributed by atoms with Crippen LogP contribution < -0.4 is 5.32 Å². The number of aromatic nitrogens is 1. The van der Waals surface area contributed by atoms with Crippen LogP contribution >= 0.6 is 15.9 Å². The summed E-state index contributed by atoms with van der Waals surface area (Å²) in [5.74, 6) is 0.465. The highest BCUT2D eigenvalue weighted by Gasteiger charge is 2.53. The summed E-state index contributed by atoms with van der Waals surface area (Å²) in [6.45, 7) is 2.01. The first-order chi connectivity index (χ1) is 9.43. The number of halogens is 1. The molecule has 0 aromatic carbocycles. The van der Waals surface area contributed by atoms with Gasteiger partial charge in [-0.3, -0.25) is 15.1 Å². The van der Waals surface area contributed by atoms with Crippen LogP contribution in [-0.4, -0.2) is 28.8 Å². The minimum atomic E-state index is -0.548. The number of pyridine rings is 1. The first-order valence-corrected chi connectivity index (χ1v) is 7.49. The summed E-state index contributed by atoms with van der Waals surface area (Å²) < 4.78 is 0.741. The van der Waals surface area contributed by atoms with Crippen molar-refractivity contribution in [3.8, 4) is 0 Å². The highest BCUT2D eigenvalue weighted by Crippen LogP contribution is 2.48. The molecule has 1 aliphatic carbocycles. The van der Waals surface area contributed by atoms with Gasteiger partial charge in [-0.2, -0.15) is 0 Å². The third kappa shape index (κ3) is 2.02. The van der Waals surface area contributed by atoms with Gasteiger partial charge in [0.1, 0.15) is 4.60 Å². The fourth-order valence-electron chi connectivity index (χ4n) is 3.05. The molecule has 2 N–H and O–H groups in total. The van der Waals surface area contributed by atoms with Gasteiger partial charge in [-0.1, -0.05) is 0 Å². The van der Waals surface area contributed by atoms with Gasteiger partial charge in [0.2, 0.25) is 5.91 Å². The van der Waals surface area contributed by atoms with E-state index in [1.165, 1.54) is 4.90 Å². The Morgan fingerprint density at radius 3 is 2.85 bits per heavy atom. The Morgan fingerprint density at radius 2 is 2.25 bits per heavy atom. The van der Waals surface area contributed by atoms with Crippen LogP contribution in [0.15, 0.2) is 22.9 Å². The van der Waals surface area contributed by atoms with Crippen molar-refractivity contribution in [1.29, 1.82) is 5.41 Å². The van der Waals surface area contributed by atoms with Gasteiger partial charge < -0.3 is 5.32 Å². The third-order valence-corrected chi connectivity index (χ3v) is 4.79. The van der Waals surface area contributed by atoms with E-state index in [0.717, 1.165) is 23.0 Å². The Kier molecular flexibility index (Phi) is 3.08. The quantitative estimate of drug-likeness (QED) is 0.812. The number of carbonyl (C=O) groups is 1. The van der Waals surface area contributed by atoms with E-state index in [2.05, 4.69) is 26.2 Å². The molecule has 5 nitrogen and oxygen atoms in total. The van der Waals surface area contributed by atoms with Gasteiger partial charge in [0.15, 0.2) is 5.96 Å². The molecule has 0 spiro atoms. The number of carbonyl (C=O) groups excluding carboxylic acids is 1. The van der Waals surface area contributed by atoms with Crippen molar-refractivity contribution >= 4 is 27.8 Å². The Bertz CT molecular complexity index is 586. The maximum absolute atomic E-state index is 12.6. The van der Waals surface area contributed by atoms with Crippen molar-refractivity contribution in [2.45, 2.75) is 25.3 Å². The van der Waals surface area contributed by atoms with Crippen LogP contribution in [0, 0.1) is 17.2 Å². The summed E-state index contributed by atoms with van der Waals surface area (Å²) in [7, 11) is 1.66. The standard InChI is InChI=1S/C14H17BrN4O/c1-14(9-5-6-17-10(15)7-9)11(8-3-4-8)12(20)19(2)13(16)18-14/h5-8,11H,3-4H2,1-2H3,(H2,16,18)/t11-,14-/m1/s1. The summed E-state index contributed by atoms with van der Waals surface area (Å²) >= 11 is 3.38. The normalized spacial score (nSPS) is 30.4. The lowest BCUT2D eigenvalue weighted by Crippen LogP contribution is -2.64. The largest absolute Gasteiger partial charge is 0.346 e. The number of nitrogens with one attached hydrogen (secondary N) is 2. The first-order valence-electron chi connectivity index (χ1n) is 6.70. The molecule has 6 heteroatoms. The fourth-order valence-corrected chi connectivity index (χ4v) is 3.42. The molecule has 1 saturated carbocycles. The molecule has 2 atom stereocenters. The van der Waals surface area contributed by atoms with E-state index in [1.807, 2.05) is 19.1 Å². The predicted molar refractivity (Wildman–Crippen MR) is 79.1 cm³/mol. The van der Waals surface area contributed by atoms with Crippen LogP contribution in [0.5, 0.6) is 0 Å². The van der Waals surface area contributed by atoms with Crippen LogP contribution in [-0.2, 0) is 10.3 Å². The summed E-state index contributed by atoms with van der Waals surface area (Å²) in [4.78, 5) is 18.2. The molecule has 2 fully saturated rings. The van der Waals surface area contributed by atoms with Crippen molar-refractivity contribution in [3.05, 3.63) is 28.5 Å². The lowest BCUT2D eigenvalue weighted by molar-refractivity contribution is -0.136. The van der Waals surface area contributed by atoms with E-state index in [-0.39, 0.29) is 17.8 Å². The zero-order valence-corrected chi connectivity index (χ0v) is 13.1. The van der Waals surface area contributed by atoms with Gasteiger partial charge >= 0.3 is 0 Å². The molecular formula is C14H17BrN4O. The number of hydrogen-bond donors (Lipinski definition) is 2. The van der Waals surface area contributed by atoms with Crippen LogP contribution in [0.3, 0.4) is 0 Å². The molecule has 0 radical (unpaired) electrons. The zero-order chi connectivity index (χ0) is 14.5. The van der Waals surface area contributed by atoms with Crippen molar-refractivity contribution < 1.29 is 4.79 Å². The molecule has 0 unspecified atom stereocenters. The van der Waals surface area contributed by atoms with E-state index in [1.54, 1.807) is 13.2 Å². The van der Waals surface area contributed by atoms with E-state index in [9.17, 15) is 4.79 Å². The Balaban J connectivity index is 2.08. The number of hydrogen-bond acceptors (Lipinski definition) is 3. The second-order valence-electron chi connectivity index (χ2n) is 5.76. The Morgan fingerprint density at radius 1 is 1.55 bits per heavy atom. The molecule has 2 heterocycles. The molecule has 1 aliphatic heterocycles. The number of amides is 1. The molecule has 3 rings (SSSR count). The average molecular weight is 337 g/mol. The monoisotopic (exact) mass is 336 g/mol. The van der Waals surface area contributed by atoms with Gasteiger partial charge in [-0.15, -0.1) is 0 Å². The number of nitrogens with zero attached hydrogens (tertiary/aromatic N) is 2. The second kappa shape index (κ2) is 4.55. The summed E-state index contributed by atoms with van der Waals surface area (Å²) in [5.41, 5.74) is 0.440. The van der Waals surface area contributed by atoms with Crippen LogP contribution in [0.25, 0.3) is 0 Å². The summed E-state index contributed by atoms with van der Waals surface area (Å²) in [5, 5.41) is 11.2. The van der Waals surface area contributed by atoms with E-state index in [0.29, 0.717) is 5.92 Å². The molecule has 0 bridgehead atoms. The molecule has 1 saturated heterocycles. The maximum atomic E-state index is 12.6. The molecule has 106 valence electrons. The highest BCUT2D eigenvalue weighted by atomic mass is 79.9. The average Bonchev–Trinajstić information content (AvgIpc) is 3.21. The van der Waals surface area contributed by atoms with E-state index < -0.39 is 5.54 Å². The second-order valence-corrected chi connectivity index (χ2v) is 6.57. The topological polar surface area (TPSA) is 69.1 Å². The van der Waals surface area contributed by atoms with Gasteiger partial charge in [0, 0.05) is 13.2 Å². The zero-order valence-electron chi connectivity index (χ0n) is 11.5. The molecule has 20 heavy (non-hydrogen) atoms. The van der Waals surface area contributed by atoms with Gasteiger partial charge in [-0.05, 0) is 59.3 Å².